The number of H-pyrrole nitrogens is 1. The first-order valence-electron chi connectivity index (χ1n) is 10.5. The summed E-state index contributed by atoms with van der Waals surface area (Å²) in [5, 5.41) is 15.9. The number of benzene rings is 2. The molecule has 0 bridgehead atoms. The molecule has 10 heteroatoms. The number of hydrogen-bond donors (Lipinski definition) is 2. The molecule has 0 saturated carbocycles. The number of carboxylic acid groups (broad SMARTS) is 1. The average molecular weight is 461 g/mol. The minimum absolute atomic E-state index is 0.0484. The quantitative estimate of drug-likeness (QED) is 0.395. The maximum Gasteiger partial charge on any atom is 0.306 e. The number of halogens is 4. The monoisotopic (exact) mass is 461 g/mol. The number of hydrogen-bond acceptors (Lipinski definition) is 3. The fourth-order valence-corrected chi connectivity index (χ4v) is 4.70. The smallest absolute Gasteiger partial charge is 0.306 e. The summed E-state index contributed by atoms with van der Waals surface area (Å²) in [5.74, 6) is -4.63. The highest BCUT2D eigenvalue weighted by Crippen LogP contribution is 2.45. The maximum absolute atomic E-state index is 15.7. The average Bonchev–Trinajstić information content (AvgIpc) is 3.39. The molecule has 0 amide bonds. The van der Waals surface area contributed by atoms with Gasteiger partial charge in [0.1, 0.15) is 11.7 Å². The zero-order chi connectivity index (χ0) is 23.3. The minimum Gasteiger partial charge on any atom is -0.481 e. The number of alkyl halides is 1. The van der Waals surface area contributed by atoms with Crippen LogP contribution in [-0.4, -0.2) is 39.1 Å². The number of nitrogens with zero attached hydrogens (tertiary/aromatic N) is 2. The molecule has 1 aliphatic heterocycles. The van der Waals surface area contributed by atoms with Crippen LogP contribution in [0.15, 0.2) is 30.5 Å². The van der Waals surface area contributed by atoms with Crippen LogP contribution in [0.25, 0.3) is 27.5 Å². The SMILES string of the molecule is O=C(O)C[C@@H](F)c1c(C2CCOCC2)n(-c2ccc(F)c(F)c2)c2cc3cn[nH]c3c(F)c12. The van der Waals surface area contributed by atoms with Gasteiger partial charge in [0.15, 0.2) is 17.5 Å². The molecule has 0 unspecified atom stereocenters. The normalized spacial score (nSPS) is 16.0. The lowest BCUT2D eigenvalue weighted by molar-refractivity contribution is -0.138. The van der Waals surface area contributed by atoms with Crippen molar-refractivity contribution in [3.63, 3.8) is 0 Å². The molecule has 6 nitrogen and oxygen atoms in total. The van der Waals surface area contributed by atoms with Crippen LogP contribution in [0, 0.1) is 17.5 Å². The van der Waals surface area contributed by atoms with E-state index in [1.54, 1.807) is 6.07 Å². The summed E-state index contributed by atoms with van der Waals surface area (Å²) >= 11 is 0. The Morgan fingerprint density at radius 3 is 2.67 bits per heavy atom. The van der Waals surface area contributed by atoms with Gasteiger partial charge in [-0.25, -0.2) is 17.6 Å². The van der Waals surface area contributed by atoms with Crippen molar-refractivity contribution in [3.05, 3.63) is 59.2 Å². The largest absolute Gasteiger partial charge is 0.481 e. The van der Waals surface area contributed by atoms with Gasteiger partial charge in [-0.05, 0) is 31.0 Å². The molecular formula is C23H19F4N3O3. The summed E-state index contributed by atoms with van der Waals surface area (Å²) < 4.78 is 66.1. The number of aliphatic carboxylic acids is 1. The molecule has 0 spiro atoms. The van der Waals surface area contributed by atoms with E-state index in [1.807, 2.05) is 0 Å². The number of rotatable bonds is 5. The van der Waals surface area contributed by atoms with Crippen molar-refractivity contribution >= 4 is 27.8 Å². The molecule has 0 aliphatic carbocycles. The lowest BCUT2D eigenvalue weighted by atomic mass is 9.90. The topological polar surface area (TPSA) is 80.1 Å². The van der Waals surface area contributed by atoms with E-state index < -0.39 is 36.0 Å². The Morgan fingerprint density at radius 1 is 1.21 bits per heavy atom. The Morgan fingerprint density at radius 2 is 1.97 bits per heavy atom. The molecule has 2 aromatic carbocycles. The fraction of sp³-hybridized carbons (Fsp3) is 0.304. The second kappa shape index (κ2) is 8.18. The number of carbonyl (C=O) groups is 1. The number of nitrogens with one attached hydrogen (secondary N) is 1. The molecule has 2 aromatic heterocycles. The van der Waals surface area contributed by atoms with Crippen molar-refractivity contribution in [2.45, 2.75) is 31.4 Å². The van der Waals surface area contributed by atoms with Gasteiger partial charge in [-0.2, -0.15) is 5.10 Å². The Hall–Kier alpha value is -3.40. The molecule has 33 heavy (non-hydrogen) atoms. The van der Waals surface area contributed by atoms with Crippen molar-refractivity contribution in [2.24, 2.45) is 0 Å². The van der Waals surface area contributed by atoms with Crippen LogP contribution < -0.4 is 0 Å². The van der Waals surface area contributed by atoms with Crippen LogP contribution in [-0.2, 0) is 9.53 Å². The van der Waals surface area contributed by atoms with E-state index in [1.165, 1.54) is 16.8 Å². The number of carboxylic acids is 1. The number of ether oxygens (including phenoxy) is 1. The summed E-state index contributed by atoms with van der Waals surface area (Å²) in [4.78, 5) is 11.4. The zero-order valence-electron chi connectivity index (χ0n) is 17.2. The highest BCUT2D eigenvalue weighted by molar-refractivity contribution is 6.00. The van der Waals surface area contributed by atoms with Gasteiger partial charge in [-0.1, -0.05) is 0 Å². The molecule has 4 aromatic rings. The summed E-state index contributed by atoms with van der Waals surface area (Å²) in [6.45, 7) is 0.763. The van der Waals surface area contributed by atoms with E-state index in [4.69, 9.17) is 4.74 Å². The third kappa shape index (κ3) is 3.54. The highest BCUT2D eigenvalue weighted by Gasteiger charge is 2.34. The van der Waals surface area contributed by atoms with Gasteiger partial charge in [-0.15, -0.1) is 0 Å². The molecule has 1 fully saturated rings. The Kier molecular flexibility index (Phi) is 5.32. The molecule has 5 rings (SSSR count). The molecule has 1 aliphatic rings. The minimum atomic E-state index is -2.02. The summed E-state index contributed by atoms with van der Waals surface area (Å²) in [7, 11) is 0. The lowest BCUT2D eigenvalue weighted by Crippen LogP contribution is -2.19. The molecule has 1 saturated heterocycles. The van der Waals surface area contributed by atoms with Crippen molar-refractivity contribution in [2.75, 3.05) is 13.2 Å². The highest BCUT2D eigenvalue weighted by atomic mass is 19.2. The van der Waals surface area contributed by atoms with E-state index in [2.05, 4.69) is 10.2 Å². The van der Waals surface area contributed by atoms with Crippen LogP contribution in [0.4, 0.5) is 17.6 Å². The second-order valence-corrected chi connectivity index (χ2v) is 8.10. The predicted octanol–water partition coefficient (Wildman–Crippen LogP) is 5.30. The number of fused-ring (bicyclic) bond motifs is 2. The van der Waals surface area contributed by atoms with E-state index >= 15 is 8.78 Å². The van der Waals surface area contributed by atoms with Gasteiger partial charge in [0.25, 0.3) is 0 Å². The summed E-state index contributed by atoms with van der Waals surface area (Å²) in [6.07, 6.45) is -0.530. The Balaban J connectivity index is 1.92. The molecular weight excluding hydrogens is 442 g/mol. The lowest BCUT2D eigenvalue weighted by Gasteiger charge is -2.26. The van der Waals surface area contributed by atoms with Crippen LogP contribution in [0.1, 0.15) is 42.6 Å². The van der Waals surface area contributed by atoms with E-state index in [0.29, 0.717) is 37.1 Å². The third-order valence-corrected chi connectivity index (χ3v) is 6.12. The van der Waals surface area contributed by atoms with Crippen LogP contribution in [0.2, 0.25) is 0 Å². The Bertz CT molecular complexity index is 1370. The summed E-state index contributed by atoms with van der Waals surface area (Å²) in [5.41, 5.74) is 0.686. The zero-order valence-corrected chi connectivity index (χ0v) is 17.2. The van der Waals surface area contributed by atoms with Gasteiger partial charge in [0, 0.05) is 52.9 Å². The van der Waals surface area contributed by atoms with Gasteiger partial charge in [0.2, 0.25) is 0 Å². The Labute approximate surface area is 184 Å². The van der Waals surface area contributed by atoms with Gasteiger partial charge in [-0.3, -0.25) is 9.89 Å². The first kappa shape index (κ1) is 21.4. The van der Waals surface area contributed by atoms with Crippen molar-refractivity contribution in [1.29, 1.82) is 0 Å². The van der Waals surface area contributed by atoms with E-state index in [9.17, 15) is 18.7 Å². The van der Waals surface area contributed by atoms with Crippen molar-refractivity contribution in [1.82, 2.24) is 14.8 Å². The molecule has 3 heterocycles. The molecule has 0 radical (unpaired) electrons. The summed E-state index contributed by atoms with van der Waals surface area (Å²) in [6, 6.07) is 4.81. The predicted molar refractivity (Wildman–Crippen MR) is 112 cm³/mol. The number of aromatic nitrogens is 3. The van der Waals surface area contributed by atoms with E-state index in [0.717, 1.165) is 12.1 Å². The van der Waals surface area contributed by atoms with Gasteiger partial charge < -0.3 is 14.4 Å². The molecule has 1 atom stereocenters. The number of aromatic amines is 1. The first-order chi connectivity index (χ1) is 15.9. The van der Waals surface area contributed by atoms with Gasteiger partial charge in [0.05, 0.1) is 18.1 Å². The van der Waals surface area contributed by atoms with Crippen LogP contribution >= 0.6 is 0 Å². The van der Waals surface area contributed by atoms with Crippen LogP contribution in [0.3, 0.4) is 0 Å². The fourth-order valence-electron chi connectivity index (χ4n) is 4.70. The standard InChI is InChI=1S/C23H19F4N3O3/c24-14-2-1-13(8-15(14)25)30-17-7-12-10-28-29-22(12)21(27)20(17)19(16(26)9-18(31)32)23(30)11-3-5-33-6-4-11/h1-2,7-8,10-11,16H,3-6,9H2,(H,28,29)(H,31,32)/t16-/m1/s1. The third-order valence-electron chi connectivity index (χ3n) is 6.12. The molecule has 2 N–H and O–H groups in total. The van der Waals surface area contributed by atoms with E-state index in [-0.39, 0.29) is 33.6 Å². The second-order valence-electron chi connectivity index (χ2n) is 8.10. The maximum atomic E-state index is 15.7. The van der Waals surface area contributed by atoms with Crippen molar-refractivity contribution in [3.8, 4) is 5.69 Å². The molecule has 172 valence electrons. The van der Waals surface area contributed by atoms with Crippen LogP contribution in [0.5, 0.6) is 0 Å². The first-order valence-corrected chi connectivity index (χ1v) is 10.5. The van der Waals surface area contributed by atoms with Crippen molar-refractivity contribution < 1.29 is 32.2 Å². The van der Waals surface area contributed by atoms with Gasteiger partial charge >= 0.3 is 5.97 Å².